The van der Waals surface area contributed by atoms with E-state index in [0.717, 1.165) is 18.4 Å². The second-order valence-electron chi connectivity index (χ2n) is 5.08. The van der Waals surface area contributed by atoms with Gasteiger partial charge in [-0.05, 0) is 36.8 Å². The Morgan fingerprint density at radius 2 is 2.29 bits per heavy atom. The molecule has 3 nitrogen and oxygen atoms in total. The summed E-state index contributed by atoms with van der Waals surface area (Å²) in [5.41, 5.74) is 0.828. The van der Waals surface area contributed by atoms with Gasteiger partial charge in [0.2, 0.25) is 5.88 Å². The van der Waals surface area contributed by atoms with Crippen molar-refractivity contribution in [1.82, 2.24) is 4.98 Å². The van der Waals surface area contributed by atoms with Gasteiger partial charge < -0.3 is 9.84 Å². The van der Waals surface area contributed by atoms with Gasteiger partial charge >= 0.3 is 0 Å². The van der Waals surface area contributed by atoms with Crippen LogP contribution >= 0.6 is 0 Å². The molecule has 0 bridgehead atoms. The van der Waals surface area contributed by atoms with E-state index in [-0.39, 0.29) is 0 Å². The van der Waals surface area contributed by atoms with Crippen LogP contribution < -0.4 is 4.74 Å². The van der Waals surface area contributed by atoms with Crippen LogP contribution in [-0.2, 0) is 0 Å². The lowest BCUT2D eigenvalue weighted by Crippen LogP contribution is -2.20. The SMILES string of the molecule is COc1ncccc1C(O)C1CCCC(C)C1. The van der Waals surface area contributed by atoms with Crippen molar-refractivity contribution in [3.8, 4) is 5.88 Å². The number of aromatic nitrogens is 1. The predicted molar refractivity (Wildman–Crippen MR) is 66.9 cm³/mol. The molecule has 1 aromatic heterocycles. The molecule has 1 aliphatic rings. The van der Waals surface area contributed by atoms with Crippen LogP contribution in [0.4, 0.5) is 0 Å². The van der Waals surface area contributed by atoms with E-state index in [1.54, 1.807) is 13.3 Å². The van der Waals surface area contributed by atoms with E-state index >= 15 is 0 Å². The van der Waals surface area contributed by atoms with E-state index in [4.69, 9.17) is 4.74 Å². The average molecular weight is 235 g/mol. The van der Waals surface area contributed by atoms with Gasteiger partial charge in [0, 0.05) is 11.8 Å². The second-order valence-corrected chi connectivity index (χ2v) is 5.08. The van der Waals surface area contributed by atoms with Crippen molar-refractivity contribution in [2.75, 3.05) is 7.11 Å². The van der Waals surface area contributed by atoms with Gasteiger partial charge in [-0.3, -0.25) is 0 Å². The van der Waals surface area contributed by atoms with Gasteiger partial charge in [0.25, 0.3) is 0 Å². The molecule has 1 N–H and O–H groups in total. The van der Waals surface area contributed by atoms with Gasteiger partial charge in [-0.25, -0.2) is 4.98 Å². The molecular formula is C14H21NO2. The standard InChI is InChI=1S/C14H21NO2/c1-10-5-3-6-11(9-10)13(16)12-7-4-8-15-14(12)17-2/h4,7-8,10-11,13,16H,3,5-6,9H2,1-2H3. The summed E-state index contributed by atoms with van der Waals surface area (Å²) in [7, 11) is 1.60. The zero-order chi connectivity index (χ0) is 12.3. The third-order valence-corrected chi connectivity index (χ3v) is 3.74. The van der Waals surface area contributed by atoms with Crippen molar-refractivity contribution in [2.45, 2.75) is 38.7 Å². The summed E-state index contributed by atoms with van der Waals surface area (Å²) in [6, 6.07) is 3.77. The van der Waals surface area contributed by atoms with Gasteiger partial charge in [0.15, 0.2) is 0 Å². The van der Waals surface area contributed by atoms with Crippen molar-refractivity contribution in [3.05, 3.63) is 23.9 Å². The maximum Gasteiger partial charge on any atom is 0.218 e. The largest absolute Gasteiger partial charge is 0.481 e. The topological polar surface area (TPSA) is 42.4 Å². The molecule has 0 aromatic carbocycles. The summed E-state index contributed by atoms with van der Waals surface area (Å²) in [6.45, 7) is 2.26. The van der Waals surface area contributed by atoms with Crippen molar-refractivity contribution < 1.29 is 9.84 Å². The van der Waals surface area contributed by atoms with E-state index in [1.165, 1.54) is 12.8 Å². The number of ether oxygens (including phenoxy) is 1. The first-order valence-corrected chi connectivity index (χ1v) is 6.39. The molecule has 1 aliphatic carbocycles. The van der Waals surface area contributed by atoms with Gasteiger partial charge in [-0.2, -0.15) is 0 Å². The third-order valence-electron chi connectivity index (χ3n) is 3.74. The highest BCUT2D eigenvalue weighted by atomic mass is 16.5. The number of pyridine rings is 1. The summed E-state index contributed by atoms with van der Waals surface area (Å²) in [4.78, 5) is 4.15. The van der Waals surface area contributed by atoms with Gasteiger partial charge in [-0.1, -0.05) is 19.8 Å². The fraction of sp³-hybridized carbons (Fsp3) is 0.643. The summed E-state index contributed by atoms with van der Waals surface area (Å²) < 4.78 is 5.21. The molecule has 1 aromatic rings. The van der Waals surface area contributed by atoms with Crippen LogP contribution in [0.25, 0.3) is 0 Å². The molecule has 1 saturated carbocycles. The van der Waals surface area contributed by atoms with Crippen LogP contribution in [-0.4, -0.2) is 17.2 Å². The van der Waals surface area contributed by atoms with E-state index in [0.29, 0.717) is 17.7 Å². The Morgan fingerprint density at radius 1 is 1.47 bits per heavy atom. The number of aliphatic hydroxyl groups is 1. The molecule has 17 heavy (non-hydrogen) atoms. The number of nitrogens with zero attached hydrogens (tertiary/aromatic N) is 1. The highest BCUT2D eigenvalue weighted by Gasteiger charge is 2.28. The monoisotopic (exact) mass is 235 g/mol. The Hall–Kier alpha value is -1.09. The summed E-state index contributed by atoms with van der Waals surface area (Å²) >= 11 is 0. The van der Waals surface area contributed by atoms with Crippen LogP contribution in [0.1, 0.15) is 44.3 Å². The molecule has 0 radical (unpaired) electrons. The van der Waals surface area contributed by atoms with E-state index < -0.39 is 6.10 Å². The van der Waals surface area contributed by atoms with Crippen molar-refractivity contribution >= 4 is 0 Å². The molecule has 2 rings (SSSR count). The summed E-state index contributed by atoms with van der Waals surface area (Å²) in [5.74, 6) is 1.61. The number of aliphatic hydroxyl groups excluding tert-OH is 1. The molecule has 0 spiro atoms. The molecule has 0 amide bonds. The zero-order valence-electron chi connectivity index (χ0n) is 10.6. The molecular weight excluding hydrogens is 214 g/mol. The molecule has 3 atom stereocenters. The maximum absolute atomic E-state index is 10.5. The van der Waals surface area contributed by atoms with E-state index in [9.17, 15) is 5.11 Å². The zero-order valence-corrected chi connectivity index (χ0v) is 10.6. The Bertz CT molecular complexity index is 367. The van der Waals surface area contributed by atoms with Crippen LogP contribution in [0.5, 0.6) is 5.88 Å². The lowest BCUT2D eigenvalue weighted by atomic mass is 9.78. The molecule has 3 unspecified atom stereocenters. The summed E-state index contributed by atoms with van der Waals surface area (Å²) in [5, 5.41) is 10.5. The van der Waals surface area contributed by atoms with Gasteiger partial charge in [0.1, 0.15) is 0 Å². The molecule has 0 saturated heterocycles. The second kappa shape index (κ2) is 5.50. The van der Waals surface area contributed by atoms with Gasteiger partial charge in [0.05, 0.1) is 13.2 Å². The number of hydrogen-bond acceptors (Lipinski definition) is 3. The lowest BCUT2D eigenvalue weighted by Gasteiger charge is -2.30. The Morgan fingerprint density at radius 3 is 3.00 bits per heavy atom. The van der Waals surface area contributed by atoms with Crippen molar-refractivity contribution in [3.63, 3.8) is 0 Å². The highest BCUT2D eigenvalue weighted by molar-refractivity contribution is 5.28. The Kier molecular flexibility index (Phi) is 4.00. The lowest BCUT2D eigenvalue weighted by molar-refractivity contribution is 0.0688. The van der Waals surface area contributed by atoms with Crippen LogP contribution in [0.3, 0.4) is 0 Å². The molecule has 94 valence electrons. The first kappa shape index (κ1) is 12.4. The first-order valence-electron chi connectivity index (χ1n) is 6.39. The fourth-order valence-corrected chi connectivity index (χ4v) is 2.82. The molecule has 1 heterocycles. The maximum atomic E-state index is 10.5. The van der Waals surface area contributed by atoms with Crippen LogP contribution in [0.15, 0.2) is 18.3 Å². The summed E-state index contributed by atoms with van der Waals surface area (Å²) in [6.07, 6.45) is 5.95. The quantitative estimate of drug-likeness (QED) is 0.875. The third kappa shape index (κ3) is 2.78. The number of methoxy groups -OCH3 is 1. The van der Waals surface area contributed by atoms with Crippen LogP contribution in [0, 0.1) is 11.8 Å². The highest BCUT2D eigenvalue weighted by Crippen LogP contribution is 2.38. The van der Waals surface area contributed by atoms with Crippen molar-refractivity contribution in [1.29, 1.82) is 0 Å². The van der Waals surface area contributed by atoms with E-state index in [1.807, 2.05) is 12.1 Å². The number of rotatable bonds is 3. The smallest absolute Gasteiger partial charge is 0.218 e. The first-order chi connectivity index (χ1) is 8.22. The minimum Gasteiger partial charge on any atom is -0.481 e. The molecule has 0 aliphatic heterocycles. The van der Waals surface area contributed by atoms with Crippen LogP contribution in [0.2, 0.25) is 0 Å². The minimum atomic E-state index is -0.443. The van der Waals surface area contributed by atoms with E-state index in [2.05, 4.69) is 11.9 Å². The fourth-order valence-electron chi connectivity index (χ4n) is 2.82. The molecule has 3 heteroatoms. The average Bonchev–Trinajstić information content (AvgIpc) is 2.38. The normalized spacial score (nSPS) is 26.5. The molecule has 1 fully saturated rings. The van der Waals surface area contributed by atoms with Crippen molar-refractivity contribution in [2.24, 2.45) is 11.8 Å². The predicted octanol–water partition coefficient (Wildman–Crippen LogP) is 2.95. The Labute approximate surface area is 103 Å². The minimum absolute atomic E-state index is 0.344. The van der Waals surface area contributed by atoms with Gasteiger partial charge in [-0.15, -0.1) is 0 Å². The number of hydrogen-bond donors (Lipinski definition) is 1. The Balaban J connectivity index is 2.15.